The average molecular weight is 243 g/mol. The van der Waals surface area contributed by atoms with E-state index in [-0.39, 0.29) is 5.43 Å². The molecular weight excluding hydrogens is 224 g/mol. The Hall–Kier alpha value is -2.09. The van der Waals surface area contributed by atoms with E-state index in [1.54, 1.807) is 12.1 Å². The molecule has 18 heavy (non-hydrogen) atoms. The first-order chi connectivity index (χ1) is 9.36. The van der Waals surface area contributed by atoms with Crippen LogP contribution in [-0.4, -0.2) is 0 Å². The van der Waals surface area contributed by atoms with Crippen LogP contribution in [0.3, 0.4) is 0 Å². The van der Waals surface area contributed by atoms with Crippen LogP contribution < -0.4 is 5.43 Å². The molecule has 0 atom stereocenters. The van der Waals surface area contributed by atoms with E-state index in [1.807, 2.05) is 50.2 Å². The van der Waals surface area contributed by atoms with Crippen molar-refractivity contribution in [3.8, 4) is 0 Å². The van der Waals surface area contributed by atoms with Crippen LogP contribution in [-0.2, 0) is 0 Å². The molecule has 0 unspecified atom stereocenters. The minimum Gasteiger partial charge on any atom is -0.456 e. The maximum Gasteiger partial charge on any atom is 0.200 e. The van der Waals surface area contributed by atoms with E-state index in [0.29, 0.717) is 21.9 Å². The number of hydrogen-bond acceptors (Lipinski definition) is 2. The van der Waals surface area contributed by atoms with E-state index in [9.17, 15) is 4.79 Å². The summed E-state index contributed by atoms with van der Waals surface area (Å²) in [5, 5.41) is 1.27. The van der Waals surface area contributed by atoms with Crippen LogP contribution in [0.1, 0.15) is 22.6 Å². The van der Waals surface area contributed by atoms with Crippen molar-refractivity contribution < 1.29 is 5.79 Å². The largest absolute Gasteiger partial charge is 0.456 e. The Kier molecular flexibility index (Phi) is 4.13. The Labute approximate surface area is 108 Å². The third-order valence-corrected chi connectivity index (χ3v) is 2.48. The topological polar surface area (TPSA) is 30.2 Å². The summed E-state index contributed by atoms with van der Waals surface area (Å²) < 4.78 is 11.4. The van der Waals surface area contributed by atoms with Crippen molar-refractivity contribution in [2.75, 3.05) is 0 Å². The molecular formula is C16H18O2. The predicted octanol–water partition coefficient (Wildman–Crippen LogP) is 4.61. The van der Waals surface area contributed by atoms with Gasteiger partial charge in [-0.25, -0.2) is 0 Å². The molecule has 1 aromatic heterocycles. The second-order valence-electron chi connectivity index (χ2n) is 3.42. The molecule has 2 aromatic carbocycles. The first kappa shape index (κ1) is 12.4. The lowest BCUT2D eigenvalue weighted by Gasteiger charge is -1.99. The minimum absolute atomic E-state index is 0.0347. The van der Waals surface area contributed by atoms with E-state index in [0.717, 1.165) is 0 Å². The smallest absolute Gasteiger partial charge is 0.200 e. The van der Waals surface area contributed by atoms with Crippen LogP contribution in [0.25, 0.3) is 21.9 Å². The van der Waals surface area contributed by atoms with Crippen molar-refractivity contribution in [3.05, 3.63) is 58.8 Å². The lowest BCUT2D eigenvalue weighted by molar-refractivity contribution is 0.660. The fraction of sp³-hybridized carbons (Fsp3) is 0.188. The normalized spacial score (nSPS) is 9.83. The molecule has 2 heteroatoms. The van der Waals surface area contributed by atoms with Crippen LogP contribution in [0, 0.1) is 0 Å². The molecule has 0 aliphatic carbocycles. The van der Waals surface area contributed by atoms with Gasteiger partial charge >= 0.3 is 0 Å². The van der Waals surface area contributed by atoms with E-state index in [2.05, 4.69) is 0 Å². The van der Waals surface area contributed by atoms with E-state index >= 15 is 0 Å². The van der Waals surface area contributed by atoms with Crippen LogP contribution in [0.15, 0.2) is 57.7 Å². The van der Waals surface area contributed by atoms with Gasteiger partial charge in [0.25, 0.3) is 0 Å². The lowest BCUT2D eigenvalue weighted by Crippen LogP contribution is -2.01. The highest BCUT2D eigenvalue weighted by Gasteiger charge is 2.04. The first-order valence-electron chi connectivity index (χ1n) is 6.77. The van der Waals surface area contributed by atoms with Crippen LogP contribution in [0.2, 0.25) is 0 Å². The summed E-state index contributed by atoms with van der Waals surface area (Å²) in [6, 6.07) is 14.6. The summed E-state index contributed by atoms with van der Waals surface area (Å²) in [4.78, 5) is 12.0. The zero-order chi connectivity index (χ0) is 14.3. The summed E-state index contributed by atoms with van der Waals surface area (Å²) >= 11 is 0. The van der Waals surface area contributed by atoms with Gasteiger partial charge in [0.2, 0.25) is 5.43 Å². The van der Waals surface area contributed by atoms with Gasteiger partial charge in [-0.15, -0.1) is 0 Å². The molecule has 0 saturated carbocycles. The number of para-hydroxylation sites is 2. The SMILES string of the molecule is CC.O=c1c2ccccc2oc2ccccc12.[2H]C. The standard InChI is InChI=1S/C13H8O2.C2H6.CH4/c14-13-9-5-1-3-7-11(9)15-12-8-4-2-6-10(12)13;1-2;/h1-8H;1-2H3;1H4/i;;1D. The van der Waals surface area contributed by atoms with E-state index < -0.39 is 0 Å². The lowest BCUT2D eigenvalue weighted by atomic mass is 10.1. The van der Waals surface area contributed by atoms with Gasteiger partial charge in [0.05, 0.1) is 10.8 Å². The van der Waals surface area contributed by atoms with Gasteiger partial charge < -0.3 is 4.42 Å². The zero-order valence-corrected chi connectivity index (χ0v) is 10.9. The monoisotopic (exact) mass is 243 g/mol. The second-order valence-corrected chi connectivity index (χ2v) is 3.42. The summed E-state index contributed by atoms with van der Waals surface area (Å²) in [6.07, 6.45) is 0. The van der Waals surface area contributed by atoms with Gasteiger partial charge in [-0.3, -0.25) is 4.79 Å². The van der Waals surface area contributed by atoms with Crippen LogP contribution in [0.4, 0.5) is 0 Å². The van der Waals surface area contributed by atoms with Crippen molar-refractivity contribution in [1.29, 1.82) is 0 Å². The Morgan fingerprint density at radius 1 is 0.889 bits per heavy atom. The highest BCUT2D eigenvalue weighted by atomic mass is 16.3. The van der Waals surface area contributed by atoms with Crippen molar-refractivity contribution in [3.63, 3.8) is 0 Å². The molecule has 0 N–H and O–H groups in total. The molecule has 94 valence electrons. The summed E-state index contributed by atoms with van der Waals surface area (Å²) in [5.74, 6) is 0. The highest BCUT2D eigenvalue weighted by molar-refractivity contribution is 5.89. The van der Waals surface area contributed by atoms with Crippen molar-refractivity contribution in [2.45, 2.75) is 21.3 Å². The molecule has 0 aliphatic rings. The molecule has 0 fully saturated rings. The molecule has 2 nitrogen and oxygen atoms in total. The molecule has 0 bridgehead atoms. The highest BCUT2D eigenvalue weighted by Crippen LogP contribution is 2.17. The van der Waals surface area contributed by atoms with Crippen LogP contribution >= 0.6 is 0 Å². The molecule has 1 heterocycles. The third-order valence-electron chi connectivity index (χ3n) is 2.48. The number of fused-ring (bicyclic) bond motifs is 2. The Balaban J connectivity index is 0.000000415. The first-order valence-corrected chi connectivity index (χ1v) is 5.77. The summed E-state index contributed by atoms with van der Waals surface area (Å²) in [7, 11) is 1.25. The van der Waals surface area contributed by atoms with Crippen LogP contribution in [0.5, 0.6) is 0 Å². The fourth-order valence-electron chi connectivity index (χ4n) is 1.75. The number of rotatable bonds is 0. The van der Waals surface area contributed by atoms with E-state index in [4.69, 9.17) is 5.79 Å². The van der Waals surface area contributed by atoms with Crippen molar-refractivity contribution in [2.24, 2.45) is 0 Å². The van der Waals surface area contributed by atoms with Gasteiger partial charge in [0.15, 0.2) is 0 Å². The molecule has 0 amide bonds. The van der Waals surface area contributed by atoms with Gasteiger partial charge in [-0.05, 0) is 24.3 Å². The second kappa shape index (κ2) is 6.01. The van der Waals surface area contributed by atoms with Gasteiger partial charge in [0.1, 0.15) is 11.2 Å². The maximum atomic E-state index is 12.0. The molecule has 0 saturated heterocycles. The van der Waals surface area contributed by atoms with E-state index in [1.165, 1.54) is 7.40 Å². The molecule has 3 rings (SSSR count). The minimum atomic E-state index is 0.0347. The van der Waals surface area contributed by atoms with Crippen molar-refractivity contribution >= 4 is 21.9 Å². The Morgan fingerprint density at radius 3 is 1.72 bits per heavy atom. The maximum absolute atomic E-state index is 12.0. The molecule has 0 aliphatic heterocycles. The van der Waals surface area contributed by atoms with Gasteiger partial charge in [-0.2, -0.15) is 0 Å². The summed E-state index contributed by atoms with van der Waals surface area (Å²) in [6.45, 7) is 4.00. The number of hydrogen-bond donors (Lipinski definition) is 0. The van der Waals surface area contributed by atoms with Crippen molar-refractivity contribution in [1.82, 2.24) is 0 Å². The number of benzene rings is 2. The van der Waals surface area contributed by atoms with Gasteiger partial charge in [0, 0.05) is 1.37 Å². The fourth-order valence-corrected chi connectivity index (χ4v) is 1.75. The molecule has 0 spiro atoms. The molecule has 3 aromatic rings. The predicted molar refractivity (Wildman–Crippen MR) is 78.1 cm³/mol. The third kappa shape index (κ3) is 2.28. The zero-order valence-electron chi connectivity index (χ0n) is 11.9. The molecule has 0 radical (unpaired) electrons. The Morgan fingerprint density at radius 2 is 1.28 bits per heavy atom. The quantitative estimate of drug-likeness (QED) is 0.540. The van der Waals surface area contributed by atoms with Gasteiger partial charge in [-0.1, -0.05) is 45.5 Å². The Bertz CT molecular complexity index is 645. The summed E-state index contributed by atoms with van der Waals surface area (Å²) in [5.41, 5.74) is 1.31. The average Bonchev–Trinajstić information content (AvgIpc) is 2.52.